The topological polar surface area (TPSA) is 152 Å². The summed E-state index contributed by atoms with van der Waals surface area (Å²) < 4.78 is 10.5. The SMILES string of the molecule is C=CCOC(=O)NCCCCC(CNC(=O)ON1C(=O)CCC1=O)NC(=O)OCC1c2ccccc2-c2ccccc21. The Labute approximate surface area is 243 Å². The van der Waals surface area contributed by atoms with E-state index >= 15 is 0 Å². The van der Waals surface area contributed by atoms with Crippen LogP contribution in [0.15, 0.2) is 61.2 Å². The number of unbranched alkanes of at least 4 members (excludes halogenated alkanes) is 1. The number of fused-ring (bicyclic) bond motifs is 3. The summed E-state index contributed by atoms with van der Waals surface area (Å²) >= 11 is 0. The predicted molar refractivity (Wildman–Crippen MR) is 151 cm³/mol. The van der Waals surface area contributed by atoms with Gasteiger partial charge in [0, 0.05) is 37.9 Å². The Bertz CT molecular complexity index is 1270. The zero-order valence-corrected chi connectivity index (χ0v) is 23.1. The lowest BCUT2D eigenvalue weighted by Gasteiger charge is -2.21. The van der Waals surface area contributed by atoms with Crippen molar-refractivity contribution in [1.29, 1.82) is 0 Å². The van der Waals surface area contributed by atoms with E-state index in [1.54, 1.807) is 0 Å². The standard InChI is InChI=1S/C30H34N4O8/c1-2-17-40-28(37)31-16-8-7-9-20(18-32-29(38)42-34-26(35)14-15-27(34)36)33-30(39)41-19-25-23-12-5-3-10-21(23)22-11-4-6-13-24(22)25/h2-6,10-13,20,25H,1,7-9,14-19H2,(H,31,37)(H,32,38)(H,33,39). The van der Waals surface area contributed by atoms with Gasteiger partial charge in [-0.05, 0) is 41.5 Å². The number of alkyl carbamates (subject to hydrolysis) is 2. The van der Waals surface area contributed by atoms with Crippen LogP contribution in [-0.2, 0) is 23.9 Å². The summed E-state index contributed by atoms with van der Waals surface area (Å²) in [7, 11) is 0. The number of nitrogens with one attached hydrogen (secondary N) is 3. The molecule has 12 heteroatoms. The first-order valence-electron chi connectivity index (χ1n) is 13.8. The van der Waals surface area contributed by atoms with Gasteiger partial charge in [-0.2, -0.15) is 0 Å². The number of carbonyl (C=O) groups excluding carboxylic acids is 5. The molecule has 5 amide bonds. The molecule has 0 spiro atoms. The van der Waals surface area contributed by atoms with Crippen molar-refractivity contribution >= 4 is 30.1 Å². The number of benzene rings is 2. The van der Waals surface area contributed by atoms with E-state index in [1.807, 2.05) is 48.5 Å². The summed E-state index contributed by atoms with van der Waals surface area (Å²) in [5.41, 5.74) is 4.38. The lowest BCUT2D eigenvalue weighted by atomic mass is 9.98. The fourth-order valence-corrected chi connectivity index (χ4v) is 4.90. The van der Waals surface area contributed by atoms with Crippen LogP contribution in [0.3, 0.4) is 0 Å². The summed E-state index contributed by atoms with van der Waals surface area (Å²) in [5.74, 6) is -1.30. The molecule has 1 heterocycles. The second-order valence-corrected chi connectivity index (χ2v) is 9.82. The van der Waals surface area contributed by atoms with Crippen molar-refractivity contribution in [1.82, 2.24) is 21.0 Å². The fraction of sp³-hybridized carbons (Fsp3) is 0.367. The Hall–Kier alpha value is -4.87. The molecular formula is C30H34N4O8. The largest absolute Gasteiger partial charge is 0.449 e. The third-order valence-corrected chi connectivity index (χ3v) is 6.92. The fourth-order valence-electron chi connectivity index (χ4n) is 4.90. The number of carbonyl (C=O) groups is 5. The second kappa shape index (κ2) is 14.7. The molecule has 1 atom stereocenters. The number of imide groups is 1. The summed E-state index contributed by atoms with van der Waals surface area (Å²) in [6.07, 6.45) is 0.794. The van der Waals surface area contributed by atoms with Gasteiger partial charge >= 0.3 is 18.3 Å². The van der Waals surface area contributed by atoms with E-state index in [1.165, 1.54) is 6.08 Å². The predicted octanol–water partition coefficient (Wildman–Crippen LogP) is 3.77. The molecule has 2 aromatic carbocycles. The lowest BCUT2D eigenvalue weighted by molar-refractivity contribution is -0.171. The van der Waals surface area contributed by atoms with E-state index in [-0.39, 0.29) is 38.5 Å². The first kappa shape index (κ1) is 30.1. The zero-order chi connectivity index (χ0) is 29.9. The van der Waals surface area contributed by atoms with Crippen molar-refractivity contribution in [3.63, 3.8) is 0 Å². The van der Waals surface area contributed by atoms with E-state index in [9.17, 15) is 24.0 Å². The summed E-state index contributed by atoms with van der Waals surface area (Å²) in [5, 5.41) is 8.33. The minimum atomic E-state index is -0.996. The molecule has 1 fully saturated rings. The molecule has 0 aromatic heterocycles. The normalized spacial score (nSPS) is 14.4. The van der Waals surface area contributed by atoms with Crippen molar-refractivity contribution in [2.75, 3.05) is 26.3 Å². The molecule has 0 bridgehead atoms. The van der Waals surface area contributed by atoms with Gasteiger partial charge < -0.3 is 30.3 Å². The van der Waals surface area contributed by atoms with Crippen LogP contribution in [-0.4, -0.2) is 67.5 Å². The molecule has 12 nitrogen and oxygen atoms in total. The zero-order valence-electron chi connectivity index (χ0n) is 23.1. The van der Waals surface area contributed by atoms with Gasteiger partial charge in [-0.1, -0.05) is 61.2 Å². The van der Waals surface area contributed by atoms with E-state index in [2.05, 4.69) is 22.5 Å². The van der Waals surface area contributed by atoms with Gasteiger partial charge in [0.15, 0.2) is 0 Å². The van der Waals surface area contributed by atoms with Gasteiger partial charge in [-0.3, -0.25) is 9.59 Å². The summed E-state index contributed by atoms with van der Waals surface area (Å²) in [4.78, 5) is 65.0. The number of amides is 5. The molecule has 1 saturated heterocycles. The highest BCUT2D eigenvalue weighted by Crippen LogP contribution is 2.44. The number of rotatable bonds is 13. The van der Waals surface area contributed by atoms with Crippen molar-refractivity contribution < 1.29 is 38.3 Å². The minimum Gasteiger partial charge on any atom is -0.449 e. The Morgan fingerprint density at radius 1 is 0.881 bits per heavy atom. The number of hydrogen-bond donors (Lipinski definition) is 3. The first-order valence-corrected chi connectivity index (χ1v) is 13.8. The maximum Gasteiger partial charge on any atom is 0.432 e. The molecule has 1 aliphatic carbocycles. The lowest BCUT2D eigenvalue weighted by Crippen LogP contribution is -2.46. The van der Waals surface area contributed by atoms with Crippen LogP contribution in [0.5, 0.6) is 0 Å². The maximum atomic E-state index is 12.9. The molecule has 0 saturated carbocycles. The summed E-state index contributed by atoms with van der Waals surface area (Å²) in [6, 6.07) is 15.4. The quantitative estimate of drug-likeness (QED) is 0.185. The average molecular weight is 579 g/mol. The number of ether oxygens (including phenoxy) is 2. The molecule has 1 unspecified atom stereocenters. The van der Waals surface area contributed by atoms with Crippen LogP contribution in [0.4, 0.5) is 14.4 Å². The first-order chi connectivity index (χ1) is 20.4. The Kier molecular flexibility index (Phi) is 10.5. The molecule has 0 radical (unpaired) electrons. The average Bonchev–Trinajstić information content (AvgIpc) is 3.49. The van der Waals surface area contributed by atoms with Gasteiger partial charge in [-0.15, -0.1) is 5.06 Å². The minimum absolute atomic E-state index is 0.0206. The monoisotopic (exact) mass is 578 g/mol. The second-order valence-electron chi connectivity index (χ2n) is 9.82. The molecule has 3 N–H and O–H groups in total. The van der Waals surface area contributed by atoms with Gasteiger partial charge in [0.1, 0.15) is 13.2 Å². The van der Waals surface area contributed by atoms with Gasteiger partial charge in [0.25, 0.3) is 11.8 Å². The van der Waals surface area contributed by atoms with Crippen LogP contribution < -0.4 is 16.0 Å². The van der Waals surface area contributed by atoms with Crippen LogP contribution in [0.25, 0.3) is 11.1 Å². The molecular weight excluding hydrogens is 544 g/mol. The van der Waals surface area contributed by atoms with Gasteiger partial charge in [0.2, 0.25) is 0 Å². The van der Waals surface area contributed by atoms with Gasteiger partial charge in [-0.25, -0.2) is 14.4 Å². The molecule has 4 rings (SSSR count). The maximum absolute atomic E-state index is 12.9. The number of nitrogens with zero attached hydrogens (tertiary/aromatic N) is 1. The molecule has 2 aliphatic rings. The Balaban J connectivity index is 1.30. The highest BCUT2D eigenvalue weighted by molar-refractivity contribution is 6.01. The van der Waals surface area contributed by atoms with Crippen LogP contribution in [0.2, 0.25) is 0 Å². The van der Waals surface area contributed by atoms with Crippen molar-refractivity contribution in [3.05, 3.63) is 72.3 Å². The Morgan fingerprint density at radius 3 is 2.17 bits per heavy atom. The van der Waals surface area contributed by atoms with Crippen LogP contribution >= 0.6 is 0 Å². The van der Waals surface area contributed by atoms with Gasteiger partial charge in [0.05, 0.1) is 0 Å². The van der Waals surface area contributed by atoms with Crippen LogP contribution in [0, 0.1) is 0 Å². The molecule has 42 heavy (non-hydrogen) atoms. The van der Waals surface area contributed by atoms with E-state index < -0.39 is 36.1 Å². The summed E-state index contributed by atoms with van der Waals surface area (Å²) in [6.45, 7) is 4.01. The van der Waals surface area contributed by atoms with E-state index in [0.29, 0.717) is 30.9 Å². The van der Waals surface area contributed by atoms with Crippen molar-refractivity contribution in [2.24, 2.45) is 0 Å². The highest BCUT2D eigenvalue weighted by Gasteiger charge is 2.33. The number of hydrogen-bond acceptors (Lipinski definition) is 8. The van der Waals surface area contributed by atoms with E-state index in [0.717, 1.165) is 22.3 Å². The highest BCUT2D eigenvalue weighted by atomic mass is 16.7. The smallest absolute Gasteiger partial charge is 0.432 e. The molecule has 222 valence electrons. The third-order valence-electron chi connectivity index (χ3n) is 6.92. The molecule has 1 aliphatic heterocycles. The van der Waals surface area contributed by atoms with Crippen molar-refractivity contribution in [2.45, 2.75) is 44.1 Å². The molecule has 2 aromatic rings. The van der Waals surface area contributed by atoms with E-state index in [4.69, 9.17) is 14.3 Å². The van der Waals surface area contributed by atoms with Crippen LogP contribution in [0.1, 0.15) is 49.1 Å². The Morgan fingerprint density at radius 2 is 1.52 bits per heavy atom. The van der Waals surface area contributed by atoms with Crippen molar-refractivity contribution in [3.8, 4) is 11.1 Å². The third kappa shape index (κ3) is 7.87. The number of hydroxylamine groups is 2.